The summed E-state index contributed by atoms with van der Waals surface area (Å²) in [7, 11) is 0. The van der Waals surface area contributed by atoms with Crippen LogP contribution in [0.4, 0.5) is 0 Å². The fraction of sp³-hybridized carbons (Fsp3) is 0.312. The van der Waals surface area contributed by atoms with Gasteiger partial charge in [0.15, 0.2) is 0 Å². The largest absolute Gasteiger partial charge is 0.404 e. The van der Waals surface area contributed by atoms with Gasteiger partial charge in [0, 0.05) is 11.8 Å². The quantitative estimate of drug-likeness (QED) is 0.541. The Morgan fingerprint density at radius 2 is 2.00 bits per heavy atom. The van der Waals surface area contributed by atoms with Crippen LogP contribution in [-0.4, -0.2) is 0 Å². The van der Waals surface area contributed by atoms with Gasteiger partial charge in [-0.1, -0.05) is 52.2 Å². The topological polar surface area (TPSA) is 49.8 Å². The second-order valence-corrected chi connectivity index (χ2v) is 4.20. The van der Waals surface area contributed by atoms with Crippen LogP contribution in [0.3, 0.4) is 0 Å². The molecule has 1 unspecified atom stereocenters. The first kappa shape index (κ1) is 16.0. The number of rotatable bonds is 7. The number of allylic oxidation sites excluding steroid dienone is 6. The molecule has 2 heteroatoms. The molecule has 18 heavy (non-hydrogen) atoms. The van der Waals surface area contributed by atoms with Crippen LogP contribution in [0.5, 0.6) is 0 Å². The van der Waals surface area contributed by atoms with E-state index < -0.39 is 0 Å². The highest BCUT2D eigenvalue weighted by Gasteiger charge is 2.15. The zero-order valence-electron chi connectivity index (χ0n) is 11.4. The summed E-state index contributed by atoms with van der Waals surface area (Å²) in [5.74, 6) is 0.336. The molecule has 2 N–H and O–H groups in total. The summed E-state index contributed by atoms with van der Waals surface area (Å²) in [6.07, 6.45) is 7.04. The molecule has 0 saturated carbocycles. The minimum absolute atomic E-state index is 0.336. The number of hydrogen-bond acceptors (Lipinski definition) is 2. The molecular formula is C16H22N2. The van der Waals surface area contributed by atoms with Crippen LogP contribution in [0.1, 0.15) is 26.7 Å². The SMILES string of the molecule is C=C/C=C(C(=C)C(C)CCC)/C(=C\N)C(=C)C#N. The van der Waals surface area contributed by atoms with Gasteiger partial charge in [-0.2, -0.15) is 5.26 Å². The number of nitrogens with two attached hydrogens (primary N) is 1. The van der Waals surface area contributed by atoms with Gasteiger partial charge in [0.05, 0.1) is 11.6 Å². The Morgan fingerprint density at radius 3 is 2.39 bits per heavy atom. The predicted molar refractivity (Wildman–Crippen MR) is 78.5 cm³/mol. The normalized spacial score (nSPS) is 13.6. The lowest BCUT2D eigenvalue weighted by Crippen LogP contribution is -2.05. The first-order valence-corrected chi connectivity index (χ1v) is 6.06. The minimum atomic E-state index is 0.336. The molecule has 0 fully saturated rings. The molecule has 0 bridgehead atoms. The smallest absolute Gasteiger partial charge is 0.0992 e. The van der Waals surface area contributed by atoms with Crippen LogP contribution < -0.4 is 5.73 Å². The van der Waals surface area contributed by atoms with Gasteiger partial charge in [-0.25, -0.2) is 0 Å². The van der Waals surface area contributed by atoms with E-state index in [4.69, 9.17) is 11.0 Å². The molecule has 0 heterocycles. The van der Waals surface area contributed by atoms with E-state index in [1.165, 1.54) is 6.20 Å². The number of nitriles is 1. The van der Waals surface area contributed by atoms with Crippen molar-refractivity contribution in [3.8, 4) is 6.07 Å². The van der Waals surface area contributed by atoms with Gasteiger partial charge < -0.3 is 5.73 Å². The molecule has 0 aliphatic heterocycles. The van der Waals surface area contributed by atoms with Crippen molar-refractivity contribution in [1.82, 2.24) is 0 Å². The molecule has 0 aromatic carbocycles. The van der Waals surface area contributed by atoms with E-state index >= 15 is 0 Å². The van der Waals surface area contributed by atoms with Gasteiger partial charge in [-0.15, -0.1) is 0 Å². The molecule has 0 aromatic heterocycles. The van der Waals surface area contributed by atoms with Crippen LogP contribution in [0.25, 0.3) is 0 Å². The Bertz CT molecular complexity index is 431. The highest BCUT2D eigenvalue weighted by Crippen LogP contribution is 2.30. The van der Waals surface area contributed by atoms with E-state index in [-0.39, 0.29) is 0 Å². The molecule has 0 rings (SSSR count). The maximum absolute atomic E-state index is 8.95. The molecule has 0 spiro atoms. The summed E-state index contributed by atoms with van der Waals surface area (Å²) in [4.78, 5) is 0. The molecule has 0 aliphatic carbocycles. The fourth-order valence-corrected chi connectivity index (χ4v) is 1.77. The Labute approximate surface area is 110 Å². The number of hydrogen-bond donors (Lipinski definition) is 1. The average molecular weight is 242 g/mol. The molecule has 0 radical (unpaired) electrons. The van der Waals surface area contributed by atoms with Gasteiger partial charge in [0.2, 0.25) is 0 Å². The summed E-state index contributed by atoms with van der Waals surface area (Å²) < 4.78 is 0. The van der Waals surface area contributed by atoms with Crippen molar-refractivity contribution in [2.75, 3.05) is 0 Å². The molecule has 0 saturated heterocycles. The maximum atomic E-state index is 8.95. The van der Waals surface area contributed by atoms with Crippen molar-refractivity contribution in [3.05, 3.63) is 60.4 Å². The van der Waals surface area contributed by atoms with E-state index in [1.54, 1.807) is 6.08 Å². The standard InChI is InChI=1S/C16H22N2/c1-6-8-12(3)14(5)15(9-7-2)16(11-18)13(4)10-17/h7,9,11-12H,2,4-6,8,18H2,1,3H3/b15-9+,16-11-. The molecule has 96 valence electrons. The van der Waals surface area contributed by atoms with Gasteiger partial charge in [-0.3, -0.25) is 0 Å². The van der Waals surface area contributed by atoms with Crippen LogP contribution in [0.2, 0.25) is 0 Å². The van der Waals surface area contributed by atoms with E-state index in [2.05, 4.69) is 33.6 Å². The Kier molecular flexibility index (Phi) is 7.23. The molecule has 0 amide bonds. The third kappa shape index (κ3) is 4.10. The first-order valence-electron chi connectivity index (χ1n) is 6.06. The molecule has 0 aromatic rings. The predicted octanol–water partition coefficient (Wildman–Crippen LogP) is 4.01. The Hall–Kier alpha value is -2.01. The highest BCUT2D eigenvalue weighted by molar-refractivity contribution is 5.59. The zero-order chi connectivity index (χ0) is 14.1. The Balaban J connectivity index is 5.41. The third-order valence-electron chi connectivity index (χ3n) is 2.86. The van der Waals surface area contributed by atoms with Gasteiger partial charge >= 0.3 is 0 Å². The summed E-state index contributed by atoms with van der Waals surface area (Å²) in [6, 6.07) is 2.02. The second kappa shape index (κ2) is 8.14. The van der Waals surface area contributed by atoms with E-state index in [0.29, 0.717) is 17.1 Å². The van der Waals surface area contributed by atoms with E-state index in [0.717, 1.165) is 24.0 Å². The summed E-state index contributed by atoms with van der Waals surface area (Å²) in [5.41, 5.74) is 8.39. The highest BCUT2D eigenvalue weighted by atomic mass is 14.5. The summed E-state index contributed by atoms with van der Waals surface area (Å²) in [6.45, 7) is 15.8. The van der Waals surface area contributed by atoms with Crippen LogP contribution >= 0.6 is 0 Å². The van der Waals surface area contributed by atoms with E-state index in [9.17, 15) is 0 Å². The van der Waals surface area contributed by atoms with Crippen molar-refractivity contribution in [1.29, 1.82) is 5.26 Å². The monoisotopic (exact) mass is 242 g/mol. The summed E-state index contributed by atoms with van der Waals surface area (Å²) in [5, 5.41) is 8.95. The van der Waals surface area contributed by atoms with Gasteiger partial charge in [-0.05, 0) is 23.5 Å². The minimum Gasteiger partial charge on any atom is -0.404 e. The van der Waals surface area contributed by atoms with E-state index in [1.807, 2.05) is 12.1 Å². The zero-order valence-corrected chi connectivity index (χ0v) is 11.4. The van der Waals surface area contributed by atoms with Gasteiger partial charge in [0.1, 0.15) is 0 Å². The number of nitrogens with zero attached hydrogens (tertiary/aromatic N) is 1. The molecule has 2 nitrogen and oxygen atoms in total. The lowest BCUT2D eigenvalue weighted by atomic mass is 9.85. The average Bonchev–Trinajstić information content (AvgIpc) is 2.37. The lowest BCUT2D eigenvalue weighted by molar-refractivity contribution is 0.610. The van der Waals surface area contributed by atoms with Crippen molar-refractivity contribution < 1.29 is 0 Å². The van der Waals surface area contributed by atoms with Crippen molar-refractivity contribution in [2.24, 2.45) is 11.7 Å². The van der Waals surface area contributed by atoms with Crippen LogP contribution in [-0.2, 0) is 0 Å². The molecule has 1 atom stereocenters. The lowest BCUT2D eigenvalue weighted by Gasteiger charge is -2.19. The van der Waals surface area contributed by atoms with Gasteiger partial charge in [0.25, 0.3) is 0 Å². The summed E-state index contributed by atoms with van der Waals surface area (Å²) >= 11 is 0. The first-order chi connectivity index (χ1) is 8.53. The molecular weight excluding hydrogens is 220 g/mol. The Morgan fingerprint density at radius 1 is 1.39 bits per heavy atom. The third-order valence-corrected chi connectivity index (χ3v) is 2.86. The maximum Gasteiger partial charge on any atom is 0.0992 e. The fourth-order valence-electron chi connectivity index (χ4n) is 1.77. The van der Waals surface area contributed by atoms with Crippen molar-refractivity contribution >= 4 is 0 Å². The molecule has 0 aliphatic rings. The van der Waals surface area contributed by atoms with Crippen LogP contribution in [0, 0.1) is 17.2 Å². The van der Waals surface area contributed by atoms with Crippen molar-refractivity contribution in [3.63, 3.8) is 0 Å². The van der Waals surface area contributed by atoms with Crippen LogP contribution in [0.15, 0.2) is 60.4 Å². The van der Waals surface area contributed by atoms with Crippen molar-refractivity contribution in [2.45, 2.75) is 26.7 Å². The second-order valence-electron chi connectivity index (χ2n) is 4.20.